The van der Waals surface area contributed by atoms with E-state index in [4.69, 9.17) is 16.1 Å². The first-order chi connectivity index (χ1) is 15.2. The van der Waals surface area contributed by atoms with Gasteiger partial charge in [-0.2, -0.15) is 15.5 Å². The number of benzene rings is 2. The molecule has 5 aromatic rings. The largest absolute Gasteiger partial charge is 0.382 e. The van der Waals surface area contributed by atoms with Gasteiger partial charge in [0.15, 0.2) is 5.82 Å². The molecule has 0 fully saturated rings. The average Bonchev–Trinajstić information content (AvgIpc) is 3.36. The zero-order valence-corrected chi connectivity index (χ0v) is 16.9. The van der Waals surface area contributed by atoms with Crippen LogP contribution in [0.4, 0.5) is 5.82 Å². The molecule has 3 aromatic heterocycles. The van der Waals surface area contributed by atoms with Gasteiger partial charge in [0.25, 0.3) is 0 Å². The Morgan fingerprint density at radius 1 is 1.06 bits per heavy atom. The smallest absolute Gasteiger partial charge is 0.151 e. The fraction of sp³-hybridized carbons (Fsp3) is 0.167. The third kappa shape index (κ3) is 3.60. The first-order valence-electron chi connectivity index (χ1n) is 10.2. The lowest BCUT2D eigenvalue weighted by Gasteiger charge is -2.03. The monoisotopic (exact) mass is 407 g/mol. The molecule has 0 bridgehead atoms. The Morgan fingerprint density at radius 3 is 2.77 bits per heavy atom. The standard InChI is InChI=1S/C24H21N7/c25-11-5-4-8-20-13-21(23-24(26)27-16-28-31(20)23)18-9-10-19-15-30(29-22(19)12-18)14-17-6-2-1-3-7-17/h1-3,6-7,9-10,12-13,15-16H,4-5,8,14H2,(H2,26,27,28). The number of anilines is 1. The number of hydrogen-bond acceptors (Lipinski definition) is 5. The number of hydrogen-bond donors (Lipinski definition) is 1. The van der Waals surface area contributed by atoms with Crippen molar-refractivity contribution in [3.05, 3.63) is 78.4 Å². The van der Waals surface area contributed by atoms with Gasteiger partial charge in [0.2, 0.25) is 0 Å². The third-order valence-electron chi connectivity index (χ3n) is 5.43. The second kappa shape index (κ2) is 7.92. The molecule has 152 valence electrons. The molecule has 7 heteroatoms. The molecule has 0 unspecified atom stereocenters. The molecule has 0 atom stereocenters. The van der Waals surface area contributed by atoms with Crippen LogP contribution in [0.2, 0.25) is 0 Å². The number of unbranched alkanes of at least 4 members (excludes halogenated alkanes) is 1. The van der Waals surface area contributed by atoms with Crippen LogP contribution in [0, 0.1) is 11.3 Å². The molecule has 0 saturated carbocycles. The molecule has 31 heavy (non-hydrogen) atoms. The van der Waals surface area contributed by atoms with Crippen molar-refractivity contribution in [1.82, 2.24) is 24.4 Å². The Hall–Kier alpha value is -4.18. The SMILES string of the molecule is N#CCCCc1cc(-c2ccc3cn(Cc4ccccc4)nc3c2)c2c(N)ncnn12. The minimum Gasteiger partial charge on any atom is -0.382 e. The molecule has 3 heterocycles. The van der Waals surface area contributed by atoms with Gasteiger partial charge >= 0.3 is 0 Å². The van der Waals surface area contributed by atoms with Crippen molar-refractivity contribution >= 4 is 22.2 Å². The molecule has 0 aliphatic carbocycles. The minimum absolute atomic E-state index is 0.436. The van der Waals surface area contributed by atoms with Crippen LogP contribution >= 0.6 is 0 Å². The quantitative estimate of drug-likeness (QED) is 0.425. The Morgan fingerprint density at radius 2 is 1.94 bits per heavy atom. The van der Waals surface area contributed by atoms with Gasteiger partial charge in [-0.3, -0.25) is 4.68 Å². The summed E-state index contributed by atoms with van der Waals surface area (Å²) in [6.07, 6.45) is 5.56. The van der Waals surface area contributed by atoms with Gasteiger partial charge in [-0.15, -0.1) is 0 Å². The Bertz CT molecular complexity index is 1410. The Labute approximate surface area is 179 Å². The maximum Gasteiger partial charge on any atom is 0.151 e. The first-order valence-corrected chi connectivity index (χ1v) is 10.2. The predicted octanol–water partition coefficient (Wildman–Crippen LogP) is 4.22. The predicted molar refractivity (Wildman–Crippen MR) is 120 cm³/mol. The molecular weight excluding hydrogens is 386 g/mol. The van der Waals surface area contributed by atoms with E-state index in [1.54, 1.807) is 0 Å². The number of nitrogens with two attached hydrogens (primary N) is 1. The lowest BCUT2D eigenvalue weighted by Crippen LogP contribution is -2.02. The van der Waals surface area contributed by atoms with Crippen LogP contribution in [-0.2, 0) is 13.0 Å². The molecule has 0 aliphatic rings. The third-order valence-corrected chi connectivity index (χ3v) is 5.43. The van der Waals surface area contributed by atoms with Crippen molar-refractivity contribution in [2.24, 2.45) is 0 Å². The van der Waals surface area contributed by atoms with E-state index in [1.165, 1.54) is 11.9 Å². The second-order valence-corrected chi connectivity index (χ2v) is 7.55. The molecule has 7 nitrogen and oxygen atoms in total. The number of aromatic nitrogens is 5. The molecule has 0 spiro atoms. The highest BCUT2D eigenvalue weighted by atomic mass is 15.3. The highest BCUT2D eigenvalue weighted by Crippen LogP contribution is 2.32. The van der Waals surface area contributed by atoms with E-state index in [1.807, 2.05) is 27.4 Å². The van der Waals surface area contributed by atoms with Gasteiger partial charge in [0.1, 0.15) is 11.8 Å². The van der Waals surface area contributed by atoms with E-state index in [0.29, 0.717) is 12.2 Å². The maximum atomic E-state index is 8.87. The van der Waals surface area contributed by atoms with Gasteiger partial charge in [-0.1, -0.05) is 42.5 Å². The normalized spacial score (nSPS) is 11.2. The van der Waals surface area contributed by atoms with Crippen LogP contribution in [-0.4, -0.2) is 24.4 Å². The fourth-order valence-electron chi connectivity index (χ4n) is 3.97. The number of nitriles is 1. The summed E-state index contributed by atoms with van der Waals surface area (Å²) in [6, 6.07) is 20.8. The molecule has 0 amide bonds. The van der Waals surface area contributed by atoms with Gasteiger partial charge in [-0.25, -0.2) is 9.50 Å². The molecule has 2 N–H and O–H groups in total. The zero-order valence-electron chi connectivity index (χ0n) is 16.9. The zero-order chi connectivity index (χ0) is 21.2. The summed E-state index contributed by atoms with van der Waals surface area (Å²) in [7, 11) is 0. The highest BCUT2D eigenvalue weighted by Gasteiger charge is 2.16. The number of fused-ring (bicyclic) bond motifs is 2. The summed E-state index contributed by atoms with van der Waals surface area (Å²) in [4.78, 5) is 4.19. The summed E-state index contributed by atoms with van der Waals surface area (Å²) >= 11 is 0. The van der Waals surface area contributed by atoms with Crippen LogP contribution in [0.5, 0.6) is 0 Å². The van der Waals surface area contributed by atoms with Crippen molar-refractivity contribution < 1.29 is 0 Å². The van der Waals surface area contributed by atoms with Crippen molar-refractivity contribution in [1.29, 1.82) is 5.26 Å². The summed E-state index contributed by atoms with van der Waals surface area (Å²) < 4.78 is 3.81. The van der Waals surface area contributed by atoms with E-state index >= 15 is 0 Å². The number of nitrogen functional groups attached to an aromatic ring is 1. The van der Waals surface area contributed by atoms with E-state index in [9.17, 15) is 0 Å². The molecule has 0 saturated heterocycles. The summed E-state index contributed by atoms with van der Waals surface area (Å²) in [5.74, 6) is 0.436. The van der Waals surface area contributed by atoms with Crippen LogP contribution < -0.4 is 5.73 Å². The van der Waals surface area contributed by atoms with E-state index < -0.39 is 0 Å². The Kier molecular flexibility index (Phi) is 4.81. The van der Waals surface area contributed by atoms with E-state index in [2.05, 4.69) is 58.7 Å². The summed E-state index contributed by atoms with van der Waals surface area (Å²) in [6.45, 7) is 0.726. The molecule has 2 aromatic carbocycles. The van der Waals surface area contributed by atoms with Crippen molar-refractivity contribution in [2.45, 2.75) is 25.8 Å². The topological polar surface area (TPSA) is 97.8 Å². The highest BCUT2D eigenvalue weighted by molar-refractivity contribution is 5.92. The van der Waals surface area contributed by atoms with E-state index in [0.717, 1.165) is 52.6 Å². The van der Waals surface area contributed by atoms with Crippen LogP contribution in [0.25, 0.3) is 27.5 Å². The lowest BCUT2D eigenvalue weighted by molar-refractivity contribution is 0.696. The maximum absolute atomic E-state index is 8.87. The second-order valence-electron chi connectivity index (χ2n) is 7.55. The van der Waals surface area contributed by atoms with Gasteiger partial charge < -0.3 is 5.73 Å². The molecular formula is C24H21N7. The fourth-order valence-corrected chi connectivity index (χ4v) is 3.97. The van der Waals surface area contributed by atoms with Crippen molar-refractivity contribution in [2.75, 3.05) is 5.73 Å². The summed E-state index contributed by atoms with van der Waals surface area (Å²) in [5.41, 5.74) is 12.2. The van der Waals surface area contributed by atoms with Gasteiger partial charge in [0.05, 0.1) is 18.1 Å². The van der Waals surface area contributed by atoms with Crippen molar-refractivity contribution in [3.8, 4) is 17.2 Å². The number of nitrogens with zero attached hydrogens (tertiary/aromatic N) is 6. The lowest BCUT2D eigenvalue weighted by atomic mass is 10.0. The molecule has 0 radical (unpaired) electrons. The van der Waals surface area contributed by atoms with Crippen molar-refractivity contribution in [3.63, 3.8) is 0 Å². The first kappa shape index (κ1) is 18.8. The average molecular weight is 407 g/mol. The number of aryl methyl sites for hydroxylation is 1. The Balaban J connectivity index is 1.55. The van der Waals surface area contributed by atoms with Crippen LogP contribution in [0.3, 0.4) is 0 Å². The molecule has 0 aliphatic heterocycles. The minimum atomic E-state index is 0.436. The number of rotatable bonds is 6. The molecule has 5 rings (SSSR count). The van der Waals surface area contributed by atoms with Gasteiger partial charge in [0, 0.05) is 29.3 Å². The van der Waals surface area contributed by atoms with Gasteiger partial charge in [-0.05, 0) is 36.1 Å². The van der Waals surface area contributed by atoms with Crippen LogP contribution in [0.1, 0.15) is 24.1 Å². The van der Waals surface area contributed by atoms with E-state index in [-0.39, 0.29) is 0 Å². The van der Waals surface area contributed by atoms with Crippen LogP contribution in [0.15, 0.2) is 67.1 Å². The summed E-state index contributed by atoms with van der Waals surface area (Å²) in [5, 5.41) is 19.1.